The van der Waals surface area contributed by atoms with Crippen LogP contribution in [-0.4, -0.2) is 78.4 Å². The van der Waals surface area contributed by atoms with Crippen LogP contribution < -0.4 is 9.64 Å². The number of fused-ring (bicyclic) bond motifs is 2. The SMILES string of the molecule is COc1ccc(N2CC=C[C@]34O[C@@H]5/C=C\CCCCOC(=O)[C@@H]5[C@H]3C(=O)N([C@@H](CO)CC(C)C)C4C2=O)cc1. The summed E-state index contributed by atoms with van der Waals surface area (Å²) in [5.41, 5.74) is -0.717. The smallest absolute Gasteiger partial charge is 0.312 e. The van der Waals surface area contributed by atoms with Gasteiger partial charge in [-0.3, -0.25) is 14.4 Å². The first-order valence-electron chi connectivity index (χ1n) is 13.9. The Hall–Kier alpha value is -3.17. The summed E-state index contributed by atoms with van der Waals surface area (Å²) in [7, 11) is 1.58. The Morgan fingerprint density at radius 1 is 1.10 bits per heavy atom. The predicted molar refractivity (Wildman–Crippen MR) is 144 cm³/mol. The van der Waals surface area contributed by atoms with Gasteiger partial charge in [0.05, 0.1) is 38.4 Å². The summed E-state index contributed by atoms with van der Waals surface area (Å²) in [5.74, 6) is -2.16. The van der Waals surface area contributed by atoms with Gasteiger partial charge in [-0.05, 0) is 55.9 Å². The highest BCUT2D eigenvalue weighted by Gasteiger charge is 2.72. The van der Waals surface area contributed by atoms with E-state index in [1.54, 1.807) is 42.4 Å². The Morgan fingerprint density at radius 3 is 2.56 bits per heavy atom. The van der Waals surface area contributed by atoms with E-state index < -0.39 is 41.6 Å². The normalized spacial score (nSPS) is 32.3. The number of benzene rings is 1. The van der Waals surface area contributed by atoms with E-state index in [2.05, 4.69) is 0 Å². The van der Waals surface area contributed by atoms with Crippen molar-refractivity contribution >= 4 is 23.5 Å². The van der Waals surface area contributed by atoms with Crippen LogP contribution in [0.1, 0.15) is 39.5 Å². The van der Waals surface area contributed by atoms with Gasteiger partial charge in [0, 0.05) is 12.2 Å². The number of aliphatic hydroxyl groups excluding tert-OH is 1. The molecule has 39 heavy (non-hydrogen) atoms. The van der Waals surface area contributed by atoms with Crippen LogP contribution in [0.3, 0.4) is 0 Å². The lowest BCUT2D eigenvalue weighted by Gasteiger charge is -2.39. The number of ether oxygens (including phenoxy) is 3. The van der Waals surface area contributed by atoms with Crippen LogP contribution in [0, 0.1) is 17.8 Å². The molecule has 0 radical (unpaired) electrons. The Balaban J connectivity index is 1.62. The topological polar surface area (TPSA) is 106 Å². The third kappa shape index (κ3) is 4.76. The summed E-state index contributed by atoms with van der Waals surface area (Å²) in [6, 6.07) is 5.51. The van der Waals surface area contributed by atoms with Gasteiger partial charge < -0.3 is 29.1 Å². The molecule has 4 aliphatic heterocycles. The highest BCUT2D eigenvalue weighted by molar-refractivity contribution is 6.05. The zero-order valence-electron chi connectivity index (χ0n) is 22.8. The number of allylic oxidation sites excluding steroid dienone is 1. The van der Waals surface area contributed by atoms with E-state index in [-0.39, 0.29) is 37.5 Å². The van der Waals surface area contributed by atoms with Crippen molar-refractivity contribution in [2.45, 2.75) is 63.3 Å². The van der Waals surface area contributed by atoms with E-state index in [0.29, 0.717) is 17.9 Å². The molecule has 4 aliphatic rings. The van der Waals surface area contributed by atoms with Crippen molar-refractivity contribution in [1.29, 1.82) is 0 Å². The second-order valence-electron chi connectivity index (χ2n) is 11.2. The Kier molecular flexibility index (Phi) is 7.82. The van der Waals surface area contributed by atoms with Gasteiger partial charge in [0.15, 0.2) is 0 Å². The van der Waals surface area contributed by atoms with Gasteiger partial charge in [0.2, 0.25) is 5.91 Å². The molecule has 210 valence electrons. The molecule has 0 aromatic heterocycles. The van der Waals surface area contributed by atoms with Crippen LogP contribution in [0.2, 0.25) is 0 Å². The molecule has 0 bridgehead atoms. The molecule has 1 unspecified atom stereocenters. The molecule has 4 heterocycles. The van der Waals surface area contributed by atoms with Crippen LogP contribution in [0.25, 0.3) is 0 Å². The van der Waals surface area contributed by atoms with Crippen molar-refractivity contribution in [3.63, 3.8) is 0 Å². The number of carbonyl (C=O) groups is 3. The molecule has 9 nitrogen and oxygen atoms in total. The number of amides is 2. The summed E-state index contributed by atoms with van der Waals surface area (Å²) >= 11 is 0. The molecule has 6 atom stereocenters. The van der Waals surface area contributed by atoms with Crippen LogP contribution >= 0.6 is 0 Å². The lowest BCUT2D eigenvalue weighted by molar-refractivity contribution is -0.155. The molecule has 5 rings (SSSR count). The number of cyclic esters (lactones) is 1. The van der Waals surface area contributed by atoms with Crippen molar-refractivity contribution in [1.82, 2.24) is 4.90 Å². The number of esters is 1. The minimum absolute atomic E-state index is 0.163. The zero-order valence-corrected chi connectivity index (χ0v) is 22.8. The highest BCUT2D eigenvalue weighted by atomic mass is 16.6. The monoisotopic (exact) mass is 538 g/mol. The second-order valence-corrected chi connectivity index (χ2v) is 11.2. The number of hydrogen-bond donors (Lipinski definition) is 1. The maximum atomic E-state index is 14.5. The number of likely N-dealkylation sites (tertiary alicyclic amines) is 1. The Bertz CT molecular complexity index is 1150. The van der Waals surface area contributed by atoms with Crippen molar-refractivity contribution in [2.75, 3.05) is 31.8 Å². The molecule has 1 aromatic carbocycles. The van der Waals surface area contributed by atoms with E-state index in [1.165, 1.54) is 4.90 Å². The van der Waals surface area contributed by atoms with E-state index in [9.17, 15) is 19.5 Å². The fraction of sp³-hybridized carbons (Fsp3) is 0.567. The summed E-state index contributed by atoms with van der Waals surface area (Å²) < 4.78 is 17.6. The number of carbonyl (C=O) groups excluding carboxylic acids is 3. The molecule has 0 saturated carbocycles. The first-order chi connectivity index (χ1) is 18.8. The third-order valence-corrected chi connectivity index (χ3v) is 8.27. The summed E-state index contributed by atoms with van der Waals surface area (Å²) in [4.78, 5) is 45.4. The first-order valence-corrected chi connectivity index (χ1v) is 13.9. The summed E-state index contributed by atoms with van der Waals surface area (Å²) in [6.07, 6.45) is 9.72. The van der Waals surface area contributed by atoms with E-state index in [4.69, 9.17) is 14.2 Å². The fourth-order valence-electron chi connectivity index (χ4n) is 6.56. The van der Waals surface area contributed by atoms with Crippen LogP contribution in [0.15, 0.2) is 48.6 Å². The molecule has 2 amide bonds. The summed E-state index contributed by atoms with van der Waals surface area (Å²) in [5, 5.41) is 10.4. The Labute approximate surface area is 229 Å². The molecular weight excluding hydrogens is 500 g/mol. The molecule has 1 aromatic rings. The first kappa shape index (κ1) is 27.4. The van der Waals surface area contributed by atoms with Gasteiger partial charge >= 0.3 is 5.97 Å². The van der Waals surface area contributed by atoms with Crippen molar-refractivity contribution in [3.05, 3.63) is 48.6 Å². The van der Waals surface area contributed by atoms with E-state index >= 15 is 0 Å². The van der Waals surface area contributed by atoms with Gasteiger partial charge in [-0.2, -0.15) is 0 Å². The van der Waals surface area contributed by atoms with E-state index in [1.807, 2.05) is 32.1 Å². The number of hydrogen-bond acceptors (Lipinski definition) is 7. The van der Waals surface area contributed by atoms with E-state index in [0.717, 1.165) is 19.3 Å². The number of nitrogens with zero attached hydrogens (tertiary/aromatic N) is 2. The third-order valence-electron chi connectivity index (χ3n) is 8.27. The minimum atomic E-state index is -1.37. The highest BCUT2D eigenvalue weighted by Crippen LogP contribution is 2.54. The standard InChI is InChI=1S/C30H38N2O7/c1-19(2)17-21(18-33)32-26-28(35)31(20-10-12-22(37-3)13-11-20)15-8-14-30(26)25(27(32)34)24-23(39-30)9-6-4-5-7-16-38-29(24)36/h6,8-14,19,21,23-26,33H,4-5,7,15-18H2,1-3H3/b9-6-/t21-,23-,24+,25+,26?,30+/m1/s1. The number of anilines is 1. The predicted octanol–water partition coefficient (Wildman–Crippen LogP) is 2.87. The molecule has 0 aliphatic carbocycles. The van der Waals surface area contributed by atoms with Crippen molar-refractivity contribution in [3.8, 4) is 5.75 Å². The largest absolute Gasteiger partial charge is 0.497 e. The lowest BCUT2D eigenvalue weighted by Crippen LogP contribution is -2.58. The summed E-state index contributed by atoms with van der Waals surface area (Å²) in [6.45, 7) is 4.26. The molecular formula is C30H38N2O7. The van der Waals surface area contributed by atoms with Crippen molar-refractivity contribution in [2.24, 2.45) is 17.8 Å². The van der Waals surface area contributed by atoms with Crippen LogP contribution in [0.4, 0.5) is 5.69 Å². The van der Waals surface area contributed by atoms with Gasteiger partial charge in [-0.15, -0.1) is 0 Å². The molecule has 1 spiro atoms. The molecule has 1 N–H and O–H groups in total. The number of rotatable bonds is 6. The number of methoxy groups -OCH3 is 1. The lowest BCUT2D eigenvalue weighted by atomic mass is 9.78. The minimum Gasteiger partial charge on any atom is -0.497 e. The Morgan fingerprint density at radius 2 is 1.87 bits per heavy atom. The zero-order chi connectivity index (χ0) is 27.7. The second kappa shape index (κ2) is 11.1. The maximum Gasteiger partial charge on any atom is 0.312 e. The average molecular weight is 539 g/mol. The average Bonchev–Trinajstić information content (AvgIpc) is 3.32. The van der Waals surface area contributed by atoms with Crippen LogP contribution in [-0.2, 0) is 23.9 Å². The van der Waals surface area contributed by atoms with Gasteiger partial charge in [-0.1, -0.05) is 38.2 Å². The number of aliphatic hydroxyl groups is 1. The van der Waals surface area contributed by atoms with Gasteiger partial charge in [0.25, 0.3) is 5.91 Å². The van der Waals surface area contributed by atoms with Crippen molar-refractivity contribution < 1.29 is 33.7 Å². The molecule has 9 heteroatoms. The quantitative estimate of drug-likeness (QED) is 0.439. The molecule has 2 fully saturated rings. The molecule has 2 saturated heterocycles. The maximum absolute atomic E-state index is 14.5. The fourth-order valence-corrected chi connectivity index (χ4v) is 6.56. The van der Waals surface area contributed by atoms with Gasteiger partial charge in [-0.25, -0.2) is 0 Å². The van der Waals surface area contributed by atoms with Crippen LogP contribution in [0.5, 0.6) is 5.75 Å². The van der Waals surface area contributed by atoms with Gasteiger partial charge in [0.1, 0.15) is 23.3 Å².